The maximum Gasteiger partial charge on any atom is 0.326 e. The minimum Gasteiger partial charge on any atom is -0.459 e. The van der Waals surface area contributed by atoms with Crippen LogP contribution in [-0.4, -0.2) is 32.4 Å². The number of rotatable bonds is 6. The topological polar surface area (TPSA) is 107 Å². The zero-order valence-electron chi connectivity index (χ0n) is 19.6. The summed E-state index contributed by atoms with van der Waals surface area (Å²) < 4.78 is 57.5. The second kappa shape index (κ2) is 10.3. The minimum atomic E-state index is -4.04. The number of esters is 1. The van der Waals surface area contributed by atoms with E-state index in [1.807, 2.05) is 0 Å². The lowest BCUT2D eigenvalue weighted by atomic mass is 10.0. The van der Waals surface area contributed by atoms with Crippen LogP contribution in [0.25, 0.3) is 11.1 Å². The van der Waals surface area contributed by atoms with Crippen molar-refractivity contribution in [3.63, 3.8) is 0 Å². The third-order valence-corrected chi connectivity index (χ3v) is 6.25. The van der Waals surface area contributed by atoms with E-state index in [0.29, 0.717) is 11.1 Å². The van der Waals surface area contributed by atoms with Gasteiger partial charge in [-0.2, -0.15) is 0 Å². The average molecular weight is 537 g/mol. The van der Waals surface area contributed by atoms with Gasteiger partial charge in [0.1, 0.15) is 34.2 Å². The molecule has 3 aromatic carbocycles. The van der Waals surface area contributed by atoms with Crippen LogP contribution >= 0.6 is 11.6 Å². The number of benzene rings is 3. The molecule has 0 unspecified atom stereocenters. The van der Waals surface area contributed by atoms with Gasteiger partial charge in [0.05, 0.1) is 5.02 Å². The van der Waals surface area contributed by atoms with Crippen LogP contribution in [-0.2, 0) is 19.6 Å². The normalized spacial score (nSPS) is 11.8. The van der Waals surface area contributed by atoms with E-state index >= 15 is 0 Å². The first-order valence-corrected chi connectivity index (χ1v) is 12.5. The molecule has 0 spiro atoms. The number of amides is 1. The SMILES string of the molecule is CC(C)(C)OC(=O)CN(C(=O)c1c(F)cccc1F)c1cccc(-c2ccc(S(N)(=O)=O)c(Cl)c2)c1. The van der Waals surface area contributed by atoms with E-state index in [4.69, 9.17) is 21.5 Å². The lowest BCUT2D eigenvalue weighted by Gasteiger charge is -2.26. The highest BCUT2D eigenvalue weighted by Gasteiger charge is 2.28. The van der Waals surface area contributed by atoms with Crippen molar-refractivity contribution < 1.29 is 31.5 Å². The number of hydrogen-bond donors (Lipinski definition) is 1. The Hall–Kier alpha value is -3.34. The first-order chi connectivity index (χ1) is 16.7. The summed E-state index contributed by atoms with van der Waals surface area (Å²) in [5, 5.41) is 5.04. The molecule has 0 fully saturated rings. The Bertz CT molecular complexity index is 1420. The summed E-state index contributed by atoms with van der Waals surface area (Å²) in [5.41, 5.74) is -0.606. The summed E-state index contributed by atoms with van der Waals surface area (Å²) in [4.78, 5) is 26.5. The quantitative estimate of drug-likeness (QED) is 0.450. The lowest BCUT2D eigenvalue weighted by Crippen LogP contribution is -2.39. The van der Waals surface area contributed by atoms with Crippen LogP contribution in [0, 0.1) is 11.6 Å². The molecule has 11 heteroatoms. The predicted octanol–water partition coefficient (Wildman–Crippen LogP) is 4.92. The highest BCUT2D eigenvalue weighted by Crippen LogP contribution is 2.31. The molecule has 2 N–H and O–H groups in total. The molecule has 1 amide bonds. The fourth-order valence-corrected chi connectivity index (χ4v) is 4.48. The molecule has 0 bridgehead atoms. The van der Waals surface area contributed by atoms with Crippen molar-refractivity contribution in [2.75, 3.05) is 11.4 Å². The molecule has 3 aromatic rings. The zero-order chi connectivity index (χ0) is 26.8. The van der Waals surface area contributed by atoms with Crippen molar-refractivity contribution >= 4 is 39.2 Å². The molecule has 0 aliphatic rings. The van der Waals surface area contributed by atoms with E-state index in [-0.39, 0.29) is 15.6 Å². The van der Waals surface area contributed by atoms with Crippen LogP contribution in [0.2, 0.25) is 5.02 Å². The minimum absolute atomic E-state index is 0.115. The number of nitrogens with two attached hydrogens (primary N) is 1. The van der Waals surface area contributed by atoms with Crippen molar-refractivity contribution in [1.29, 1.82) is 0 Å². The molecule has 0 aliphatic heterocycles. The van der Waals surface area contributed by atoms with Crippen LogP contribution in [0.5, 0.6) is 0 Å². The number of halogens is 3. The van der Waals surface area contributed by atoms with Gasteiger partial charge in [0.15, 0.2) is 0 Å². The van der Waals surface area contributed by atoms with Crippen molar-refractivity contribution in [2.45, 2.75) is 31.3 Å². The molecule has 0 heterocycles. The van der Waals surface area contributed by atoms with Crippen LogP contribution < -0.4 is 10.0 Å². The van der Waals surface area contributed by atoms with Crippen LogP contribution in [0.4, 0.5) is 14.5 Å². The number of hydrogen-bond acceptors (Lipinski definition) is 5. The summed E-state index contributed by atoms with van der Waals surface area (Å²) in [5.74, 6) is -4.05. The van der Waals surface area contributed by atoms with E-state index < -0.39 is 51.2 Å². The second-order valence-corrected chi connectivity index (χ2v) is 10.8. The van der Waals surface area contributed by atoms with E-state index in [0.717, 1.165) is 23.1 Å². The Kier molecular flexibility index (Phi) is 7.82. The molecule has 3 rings (SSSR count). The highest BCUT2D eigenvalue weighted by molar-refractivity contribution is 7.89. The van der Waals surface area contributed by atoms with E-state index in [1.54, 1.807) is 32.9 Å². The number of ether oxygens (including phenoxy) is 1. The standard InChI is InChI=1S/C25H23ClF2N2O5S/c1-25(2,3)35-22(31)14-30(24(32)23-19(27)8-5-9-20(23)28)17-7-4-6-15(12-17)16-10-11-21(18(26)13-16)36(29,33)34/h4-13H,14H2,1-3H3,(H2,29,33,34). The summed E-state index contributed by atoms with van der Waals surface area (Å²) in [6.45, 7) is 4.30. The number of primary sulfonamides is 1. The Morgan fingerprint density at radius 3 is 2.11 bits per heavy atom. The van der Waals surface area contributed by atoms with E-state index in [1.165, 1.54) is 30.3 Å². The fourth-order valence-electron chi connectivity index (χ4n) is 3.38. The summed E-state index contributed by atoms with van der Waals surface area (Å²) in [6, 6.07) is 13.2. The van der Waals surface area contributed by atoms with Crippen LogP contribution in [0.3, 0.4) is 0 Å². The Labute approximate surface area is 212 Å². The lowest BCUT2D eigenvalue weighted by molar-refractivity contribution is -0.152. The summed E-state index contributed by atoms with van der Waals surface area (Å²) >= 11 is 6.09. The number of anilines is 1. The van der Waals surface area contributed by atoms with Gasteiger partial charge in [-0.25, -0.2) is 22.3 Å². The second-order valence-electron chi connectivity index (χ2n) is 8.81. The van der Waals surface area contributed by atoms with Gasteiger partial charge >= 0.3 is 5.97 Å². The van der Waals surface area contributed by atoms with Gasteiger partial charge in [-0.15, -0.1) is 0 Å². The van der Waals surface area contributed by atoms with E-state index in [2.05, 4.69) is 0 Å². The Morgan fingerprint density at radius 1 is 0.972 bits per heavy atom. The number of carbonyl (C=O) groups excluding carboxylic acids is 2. The maximum atomic E-state index is 14.4. The zero-order valence-corrected chi connectivity index (χ0v) is 21.2. The van der Waals surface area contributed by atoms with Gasteiger partial charge in [0.2, 0.25) is 10.0 Å². The molecule has 0 atom stereocenters. The van der Waals surface area contributed by atoms with Crippen molar-refractivity contribution in [3.8, 4) is 11.1 Å². The molecule has 190 valence electrons. The fraction of sp³-hybridized carbons (Fsp3) is 0.200. The smallest absolute Gasteiger partial charge is 0.326 e. The van der Waals surface area contributed by atoms with Gasteiger partial charge in [0, 0.05) is 5.69 Å². The monoisotopic (exact) mass is 536 g/mol. The van der Waals surface area contributed by atoms with Crippen molar-refractivity contribution in [3.05, 3.63) is 82.9 Å². The molecule has 0 radical (unpaired) electrons. The third-order valence-electron chi connectivity index (χ3n) is 4.86. The molecular weight excluding hydrogens is 514 g/mol. The number of carbonyl (C=O) groups is 2. The predicted molar refractivity (Wildman–Crippen MR) is 132 cm³/mol. The van der Waals surface area contributed by atoms with Gasteiger partial charge in [-0.1, -0.05) is 35.9 Å². The molecule has 0 saturated heterocycles. The van der Waals surface area contributed by atoms with Crippen LogP contribution in [0.1, 0.15) is 31.1 Å². The molecule has 0 aromatic heterocycles. The van der Waals surface area contributed by atoms with Gasteiger partial charge in [0.25, 0.3) is 5.91 Å². The van der Waals surface area contributed by atoms with Gasteiger partial charge in [-0.3, -0.25) is 14.5 Å². The van der Waals surface area contributed by atoms with Gasteiger partial charge in [-0.05, 0) is 68.3 Å². The van der Waals surface area contributed by atoms with Crippen LogP contribution in [0.15, 0.2) is 65.6 Å². The summed E-state index contributed by atoms with van der Waals surface area (Å²) in [7, 11) is -4.04. The van der Waals surface area contributed by atoms with Crippen molar-refractivity contribution in [2.24, 2.45) is 5.14 Å². The summed E-state index contributed by atoms with van der Waals surface area (Å²) in [6.07, 6.45) is 0. The Balaban J connectivity index is 2.08. The number of nitrogens with zero attached hydrogens (tertiary/aromatic N) is 1. The number of sulfonamides is 1. The van der Waals surface area contributed by atoms with Gasteiger partial charge < -0.3 is 4.74 Å². The molecule has 7 nitrogen and oxygen atoms in total. The average Bonchev–Trinajstić information content (AvgIpc) is 2.75. The molecule has 36 heavy (non-hydrogen) atoms. The third kappa shape index (κ3) is 6.45. The maximum absolute atomic E-state index is 14.4. The highest BCUT2D eigenvalue weighted by atomic mass is 35.5. The van der Waals surface area contributed by atoms with E-state index in [9.17, 15) is 26.8 Å². The van der Waals surface area contributed by atoms with Crippen molar-refractivity contribution in [1.82, 2.24) is 0 Å². The first-order valence-electron chi connectivity index (χ1n) is 10.6. The largest absolute Gasteiger partial charge is 0.459 e. The molecular formula is C25H23ClF2N2O5S. The molecule has 0 aliphatic carbocycles. The molecule has 0 saturated carbocycles. The Morgan fingerprint density at radius 2 is 1.56 bits per heavy atom. The first kappa shape index (κ1) is 27.3.